The van der Waals surface area contributed by atoms with Crippen LogP contribution in [0, 0.1) is 11.8 Å². The number of rotatable bonds is 7. The highest BCUT2D eigenvalue weighted by atomic mass is 16.5. The van der Waals surface area contributed by atoms with E-state index in [2.05, 4.69) is 10.3 Å². The van der Waals surface area contributed by atoms with Gasteiger partial charge in [-0.3, -0.25) is 14.3 Å². The first-order chi connectivity index (χ1) is 10.4. The van der Waals surface area contributed by atoms with Gasteiger partial charge in [-0.25, -0.2) is 0 Å². The predicted molar refractivity (Wildman–Crippen MR) is 79.8 cm³/mol. The molecule has 1 heterocycles. The van der Waals surface area contributed by atoms with Crippen LogP contribution < -0.4 is 0 Å². The zero-order valence-corrected chi connectivity index (χ0v) is 13.4. The highest BCUT2D eigenvalue weighted by Gasteiger charge is 2.48. The summed E-state index contributed by atoms with van der Waals surface area (Å²) < 4.78 is 6.63. The van der Waals surface area contributed by atoms with Crippen molar-refractivity contribution >= 4 is 11.8 Å². The molecular weight excluding hydrogens is 284 g/mol. The highest BCUT2D eigenvalue weighted by Crippen LogP contribution is 2.48. The molecule has 120 valence electrons. The molecule has 0 N–H and O–H groups in total. The Morgan fingerprint density at radius 1 is 1.55 bits per heavy atom. The van der Waals surface area contributed by atoms with E-state index in [0.29, 0.717) is 6.42 Å². The molecule has 7 nitrogen and oxygen atoms in total. The Morgan fingerprint density at radius 2 is 2.27 bits per heavy atom. The number of carbonyl (C=O) groups excluding carboxylic acids is 2. The quantitative estimate of drug-likeness (QED) is 0.546. The van der Waals surface area contributed by atoms with E-state index < -0.39 is 11.9 Å². The summed E-state index contributed by atoms with van der Waals surface area (Å²) in [6, 6.07) is 0. The molecule has 1 aromatic heterocycles. The van der Waals surface area contributed by atoms with Gasteiger partial charge in [0.05, 0.1) is 12.3 Å². The van der Waals surface area contributed by atoms with Gasteiger partial charge in [-0.05, 0) is 25.6 Å². The van der Waals surface area contributed by atoms with Crippen LogP contribution in [0.4, 0.5) is 0 Å². The van der Waals surface area contributed by atoms with Gasteiger partial charge in [0.1, 0.15) is 5.92 Å². The standard InChI is InChI=1S/C15H22N4O3/c1-5-22-15(21)10(6-7-18(2)3)14(20)12-8-11(12)13-9-19(4)17-16-13/h6-7,9-12H,5,8H2,1-4H3/b7-6+/t10?,11-,12-/m1/s1. The monoisotopic (exact) mass is 306 g/mol. The highest BCUT2D eigenvalue weighted by molar-refractivity contribution is 6.03. The first-order valence-corrected chi connectivity index (χ1v) is 7.35. The first-order valence-electron chi connectivity index (χ1n) is 7.35. The van der Waals surface area contributed by atoms with E-state index >= 15 is 0 Å². The van der Waals surface area contributed by atoms with E-state index in [1.807, 2.05) is 20.3 Å². The second-order valence-electron chi connectivity index (χ2n) is 5.70. The van der Waals surface area contributed by atoms with Crippen LogP contribution in [0.5, 0.6) is 0 Å². The molecule has 1 unspecified atom stereocenters. The van der Waals surface area contributed by atoms with Crippen LogP contribution >= 0.6 is 0 Å². The Labute approximate surface area is 129 Å². The Balaban J connectivity index is 2.08. The maximum absolute atomic E-state index is 12.6. The fraction of sp³-hybridized carbons (Fsp3) is 0.600. The third-order valence-electron chi connectivity index (χ3n) is 3.58. The van der Waals surface area contributed by atoms with Crippen LogP contribution in [0.3, 0.4) is 0 Å². The second kappa shape index (κ2) is 6.72. The van der Waals surface area contributed by atoms with E-state index in [0.717, 1.165) is 5.69 Å². The minimum Gasteiger partial charge on any atom is -0.465 e. The summed E-state index contributed by atoms with van der Waals surface area (Å²) in [5.74, 6) is -1.57. The number of esters is 1. The number of carbonyl (C=O) groups is 2. The molecule has 0 aromatic carbocycles. The van der Waals surface area contributed by atoms with E-state index in [-0.39, 0.29) is 24.2 Å². The molecule has 3 atom stereocenters. The average molecular weight is 306 g/mol. The SMILES string of the molecule is CCOC(=O)C(/C=C/N(C)C)C(=O)[C@@H]1C[C@H]1c1cn(C)nn1. The Bertz CT molecular complexity index is 579. The molecule has 1 saturated carbocycles. The molecule has 1 aliphatic carbocycles. The van der Waals surface area contributed by atoms with Crippen molar-refractivity contribution in [2.45, 2.75) is 19.3 Å². The Hall–Kier alpha value is -2.18. The molecule has 7 heteroatoms. The molecule has 0 radical (unpaired) electrons. The van der Waals surface area contributed by atoms with Crippen LogP contribution in [0.1, 0.15) is 25.0 Å². The van der Waals surface area contributed by atoms with E-state index in [1.165, 1.54) is 0 Å². The number of ether oxygens (including phenoxy) is 1. The molecule has 0 bridgehead atoms. The van der Waals surface area contributed by atoms with Gasteiger partial charge in [-0.1, -0.05) is 5.21 Å². The van der Waals surface area contributed by atoms with Crippen molar-refractivity contribution in [1.29, 1.82) is 0 Å². The summed E-state index contributed by atoms with van der Waals surface area (Å²) in [6.45, 7) is 1.99. The maximum atomic E-state index is 12.6. The van der Waals surface area contributed by atoms with Gasteiger partial charge in [-0.2, -0.15) is 0 Å². The molecule has 0 spiro atoms. The van der Waals surface area contributed by atoms with Crippen molar-refractivity contribution in [3.8, 4) is 0 Å². The van der Waals surface area contributed by atoms with Crippen LogP contribution in [0.15, 0.2) is 18.5 Å². The number of hydrogen-bond donors (Lipinski definition) is 0. The fourth-order valence-corrected chi connectivity index (χ4v) is 2.38. The Kier molecular flexibility index (Phi) is 4.95. The van der Waals surface area contributed by atoms with Gasteiger partial charge in [0, 0.05) is 39.2 Å². The van der Waals surface area contributed by atoms with Crippen molar-refractivity contribution in [2.24, 2.45) is 18.9 Å². The summed E-state index contributed by atoms with van der Waals surface area (Å²) in [7, 11) is 5.46. The number of aryl methyl sites for hydroxylation is 1. The van der Waals surface area contributed by atoms with E-state index in [1.54, 1.807) is 35.8 Å². The summed E-state index contributed by atoms with van der Waals surface area (Å²) in [6.07, 6.45) is 5.84. The zero-order valence-electron chi connectivity index (χ0n) is 13.4. The fourth-order valence-electron chi connectivity index (χ4n) is 2.38. The van der Waals surface area contributed by atoms with Crippen molar-refractivity contribution < 1.29 is 14.3 Å². The topological polar surface area (TPSA) is 77.3 Å². The van der Waals surface area contributed by atoms with Gasteiger partial charge in [-0.15, -0.1) is 5.10 Å². The zero-order chi connectivity index (χ0) is 16.3. The smallest absolute Gasteiger partial charge is 0.320 e. The van der Waals surface area contributed by atoms with Crippen LogP contribution in [0.25, 0.3) is 0 Å². The minimum atomic E-state index is -0.853. The second-order valence-corrected chi connectivity index (χ2v) is 5.70. The maximum Gasteiger partial charge on any atom is 0.320 e. The van der Waals surface area contributed by atoms with Crippen molar-refractivity contribution in [1.82, 2.24) is 19.9 Å². The number of nitrogens with zero attached hydrogens (tertiary/aromatic N) is 4. The third kappa shape index (κ3) is 3.72. The molecule has 2 rings (SSSR count). The van der Waals surface area contributed by atoms with Crippen LogP contribution in [-0.4, -0.2) is 52.3 Å². The molecule has 1 aliphatic rings. The third-order valence-corrected chi connectivity index (χ3v) is 3.58. The minimum absolute atomic E-state index is 0.0610. The van der Waals surface area contributed by atoms with E-state index in [4.69, 9.17) is 4.74 Å². The lowest BCUT2D eigenvalue weighted by Gasteiger charge is -2.12. The van der Waals surface area contributed by atoms with Crippen molar-refractivity contribution in [3.05, 3.63) is 24.2 Å². The van der Waals surface area contributed by atoms with Crippen molar-refractivity contribution in [2.75, 3.05) is 20.7 Å². The summed E-state index contributed by atoms with van der Waals surface area (Å²) >= 11 is 0. The average Bonchev–Trinajstić information content (AvgIpc) is 3.14. The van der Waals surface area contributed by atoms with Gasteiger partial charge in [0.25, 0.3) is 0 Å². The number of ketones is 1. The van der Waals surface area contributed by atoms with Crippen molar-refractivity contribution in [3.63, 3.8) is 0 Å². The molecule has 1 fully saturated rings. The molecule has 0 aliphatic heterocycles. The molecule has 0 saturated heterocycles. The van der Waals surface area contributed by atoms with Gasteiger partial charge >= 0.3 is 5.97 Å². The molecular formula is C15H22N4O3. The predicted octanol–water partition coefficient (Wildman–Crippen LogP) is 0.742. The van der Waals surface area contributed by atoms with E-state index in [9.17, 15) is 9.59 Å². The number of Topliss-reactive ketones (excluding diaryl/α,β-unsaturated/α-hetero) is 1. The number of hydrogen-bond acceptors (Lipinski definition) is 6. The lowest BCUT2D eigenvalue weighted by atomic mass is 9.99. The summed E-state index contributed by atoms with van der Waals surface area (Å²) in [5, 5.41) is 7.93. The van der Waals surface area contributed by atoms with Crippen LogP contribution in [-0.2, 0) is 21.4 Å². The van der Waals surface area contributed by atoms with Gasteiger partial charge < -0.3 is 9.64 Å². The lowest BCUT2D eigenvalue weighted by molar-refractivity contribution is -0.149. The molecule has 22 heavy (non-hydrogen) atoms. The largest absolute Gasteiger partial charge is 0.465 e. The lowest BCUT2D eigenvalue weighted by Crippen LogP contribution is -2.26. The normalized spacial score (nSPS) is 21.6. The summed E-state index contributed by atoms with van der Waals surface area (Å²) in [4.78, 5) is 26.4. The molecule has 1 aromatic rings. The van der Waals surface area contributed by atoms with Crippen LogP contribution in [0.2, 0.25) is 0 Å². The number of aromatic nitrogens is 3. The first kappa shape index (κ1) is 16.2. The summed E-state index contributed by atoms with van der Waals surface area (Å²) in [5.41, 5.74) is 0.806. The van der Waals surface area contributed by atoms with Gasteiger partial charge in [0.2, 0.25) is 0 Å². The molecule has 0 amide bonds. The van der Waals surface area contributed by atoms with Gasteiger partial charge in [0.15, 0.2) is 5.78 Å². The Morgan fingerprint density at radius 3 is 2.82 bits per heavy atom.